The van der Waals surface area contributed by atoms with Crippen molar-refractivity contribution >= 4 is 11.8 Å². The average Bonchev–Trinajstić information content (AvgIpc) is 3.66. The number of hydrogen-bond donors (Lipinski definition) is 2. The SMILES string of the molecule is Cc1ccn(-c2cc(-c3ccc(OC(C)C)cc3)ccc2C(Oc2cc(N3CCC4(CC3)CN[C@H](C(=O)O)C4)nc(C)n2)C(F)(F)F)n1. The third kappa shape index (κ3) is 7.25. The highest BCUT2D eigenvalue weighted by Crippen LogP contribution is 2.42. The number of nitrogens with zero attached hydrogens (tertiary/aromatic N) is 5. The summed E-state index contributed by atoms with van der Waals surface area (Å²) in [7, 11) is 0. The van der Waals surface area contributed by atoms with Crippen LogP contribution in [0, 0.1) is 19.3 Å². The van der Waals surface area contributed by atoms with Crippen LogP contribution in [0.2, 0.25) is 0 Å². The van der Waals surface area contributed by atoms with Gasteiger partial charge in [0.2, 0.25) is 12.0 Å². The predicted molar refractivity (Wildman–Crippen MR) is 174 cm³/mol. The van der Waals surface area contributed by atoms with E-state index in [2.05, 4.69) is 20.4 Å². The molecule has 4 aromatic rings. The van der Waals surface area contributed by atoms with Gasteiger partial charge in [0.05, 0.1) is 17.5 Å². The van der Waals surface area contributed by atoms with Crippen LogP contribution in [0.5, 0.6) is 11.6 Å². The Morgan fingerprint density at radius 3 is 2.31 bits per heavy atom. The number of aliphatic carboxylic acids is 1. The van der Waals surface area contributed by atoms with Gasteiger partial charge in [0.1, 0.15) is 23.4 Å². The molecule has 2 aliphatic rings. The number of rotatable bonds is 9. The molecule has 0 amide bonds. The lowest BCUT2D eigenvalue weighted by atomic mass is 9.76. The first-order valence-corrected chi connectivity index (χ1v) is 16.0. The van der Waals surface area contributed by atoms with Crippen molar-refractivity contribution in [3.8, 4) is 28.4 Å². The first-order valence-electron chi connectivity index (χ1n) is 16.0. The minimum atomic E-state index is -4.79. The highest BCUT2D eigenvalue weighted by molar-refractivity contribution is 5.74. The lowest BCUT2D eigenvalue weighted by molar-refractivity contribution is -0.198. The zero-order valence-electron chi connectivity index (χ0n) is 27.3. The van der Waals surface area contributed by atoms with Crippen LogP contribution in [0.15, 0.2) is 60.8 Å². The number of benzene rings is 2. The van der Waals surface area contributed by atoms with Gasteiger partial charge in [0.15, 0.2) is 0 Å². The van der Waals surface area contributed by atoms with Crippen molar-refractivity contribution in [1.29, 1.82) is 0 Å². The van der Waals surface area contributed by atoms with Crippen molar-refractivity contribution in [2.24, 2.45) is 5.41 Å². The number of carboxylic acid groups (broad SMARTS) is 1. The summed E-state index contributed by atoms with van der Waals surface area (Å²) in [5, 5.41) is 16.9. The molecule has 2 aromatic heterocycles. The third-order valence-corrected chi connectivity index (χ3v) is 8.99. The summed E-state index contributed by atoms with van der Waals surface area (Å²) in [6.45, 7) is 9.05. The van der Waals surface area contributed by atoms with Crippen LogP contribution < -0.4 is 19.7 Å². The zero-order valence-corrected chi connectivity index (χ0v) is 27.3. The Hall–Kier alpha value is -4.65. The van der Waals surface area contributed by atoms with Gasteiger partial charge in [-0.2, -0.15) is 23.3 Å². The summed E-state index contributed by atoms with van der Waals surface area (Å²) in [5.74, 6) is 0.399. The second kappa shape index (κ2) is 13.1. The van der Waals surface area contributed by atoms with Gasteiger partial charge < -0.3 is 24.8 Å². The Morgan fingerprint density at radius 2 is 1.71 bits per heavy atom. The van der Waals surface area contributed by atoms with Crippen LogP contribution in [0.4, 0.5) is 19.0 Å². The molecule has 48 heavy (non-hydrogen) atoms. The Bertz CT molecular complexity index is 1770. The molecule has 2 saturated heterocycles. The quantitative estimate of drug-likeness (QED) is 0.208. The van der Waals surface area contributed by atoms with E-state index in [0.29, 0.717) is 48.9 Å². The third-order valence-electron chi connectivity index (χ3n) is 8.99. The molecule has 2 atom stereocenters. The highest BCUT2D eigenvalue weighted by atomic mass is 19.4. The Labute approximate surface area is 276 Å². The number of nitrogens with one attached hydrogen (secondary N) is 1. The number of piperidine rings is 1. The average molecular weight is 665 g/mol. The number of ether oxygens (including phenoxy) is 2. The maximum atomic E-state index is 14.9. The fraction of sp³-hybridized carbons (Fsp3) is 0.429. The van der Waals surface area contributed by atoms with Crippen LogP contribution >= 0.6 is 0 Å². The molecule has 2 aromatic carbocycles. The van der Waals surface area contributed by atoms with E-state index < -0.39 is 24.3 Å². The van der Waals surface area contributed by atoms with Gasteiger partial charge >= 0.3 is 12.1 Å². The molecule has 4 heterocycles. The number of halogens is 3. The number of aryl methyl sites for hydroxylation is 2. The normalized spacial score (nSPS) is 18.3. The summed E-state index contributed by atoms with van der Waals surface area (Å²) < 4.78 is 57.6. The van der Waals surface area contributed by atoms with E-state index in [-0.39, 0.29) is 34.5 Å². The van der Waals surface area contributed by atoms with E-state index in [1.807, 2.05) is 43.0 Å². The molecule has 2 N–H and O–H groups in total. The number of carbonyl (C=O) groups is 1. The van der Waals surface area contributed by atoms with Gasteiger partial charge in [-0.3, -0.25) is 4.79 Å². The number of hydrogen-bond acceptors (Lipinski definition) is 8. The van der Waals surface area contributed by atoms with Crippen molar-refractivity contribution in [2.45, 2.75) is 71.4 Å². The van der Waals surface area contributed by atoms with E-state index in [1.165, 1.54) is 16.8 Å². The van der Waals surface area contributed by atoms with Crippen molar-refractivity contribution in [3.05, 3.63) is 77.9 Å². The van der Waals surface area contributed by atoms with Gasteiger partial charge in [-0.25, -0.2) is 9.67 Å². The van der Waals surface area contributed by atoms with Crippen LogP contribution in [0.3, 0.4) is 0 Å². The molecule has 0 saturated carbocycles. The molecule has 0 bridgehead atoms. The summed E-state index contributed by atoms with van der Waals surface area (Å²) in [4.78, 5) is 22.2. The van der Waals surface area contributed by atoms with Gasteiger partial charge in [-0.05, 0) is 87.8 Å². The van der Waals surface area contributed by atoms with Gasteiger partial charge in [-0.15, -0.1) is 0 Å². The summed E-state index contributed by atoms with van der Waals surface area (Å²) >= 11 is 0. The van der Waals surface area contributed by atoms with E-state index in [9.17, 15) is 23.1 Å². The highest BCUT2D eigenvalue weighted by Gasteiger charge is 2.46. The van der Waals surface area contributed by atoms with E-state index in [1.54, 1.807) is 38.2 Å². The topological polar surface area (TPSA) is 115 Å². The van der Waals surface area contributed by atoms with Crippen LogP contribution in [-0.4, -0.2) is 68.8 Å². The molecule has 6 rings (SSSR count). The van der Waals surface area contributed by atoms with E-state index in [0.717, 1.165) is 18.4 Å². The van der Waals surface area contributed by atoms with Crippen LogP contribution in [0.25, 0.3) is 16.8 Å². The van der Waals surface area contributed by atoms with Crippen molar-refractivity contribution in [3.63, 3.8) is 0 Å². The Kier molecular flexibility index (Phi) is 9.08. The monoisotopic (exact) mass is 664 g/mol. The van der Waals surface area contributed by atoms with Gasteiger partial charge in [-0.1, -0.05) is 24.3 Å². The molecule has 1 spiro atoms. The number of alkyl halides is 3. The number of carboxylic acids is 1. The smallest absolute Gasteiger partial charge is 0.429 e. The van der Waals surface area contributed by atoms with Gasteiger partial charge in [0.25, 0.3) is 0 Å². The summed E-state index contributed by atoms with van der Waals surface area (Å²) in [6.07, 6.45) is -3.48. The Balaban J connectivity index is 1.29. The maximum Gasteiger partial charge on any atom is 0.429 e. The first kappa shape index (κ1) is 33.3. The molecule has 254 valence electrons. The molecule has 2 aliphatic heterocycles. The summed E-state index contributed by atoms with van der Waals surface area (Å²) in [5.41, 5.74) is 2.14. The standard InChI is InChI=1S/C35H39F3N6O4/c1-21(2)47-26-8-5-24(6-9-26)25-7-10-27(29(17-25)44-14-11-22(3)42-44)32(35(36,37)38)48-31-18-30(40-23(4)41-31)43-15-12-34(13-16-43)19-28(33(45)46)39-20-34/h5-11,14,17-18,21,28,32,39H,12-13,15-16,19-20H2,1-4H3,(H,45,46)/t28-,32?/m0/s1. The zero-order chi connectivity index (χ0) is 34.2. The Morgan fingerprint density at radius 1 is 1.00 bits per heavy atom. The van der Waals surface area contributed by atoms with Crippen LogP contribution in [0.1, 0.15) is 56.3 Å². The molecule has 10 nitrogen and oxygen atoms in total. The lowest BCUT2D eigenvalue weighted by Crippen LogP contribution is -2.41. The number of anilines is 1. The molecular weight excluding hydrogens is 625 g/mol. The van der Waals surface area contributed by atoms with E-state index in [4.69, 9.17) is 9.47 Å². The maximum absolute atomic E-state index is 14.9. The fourth-order valence-electron chi connectivity index (χ4n) is 6.55. The molecular formula is C35H39F3N6O4. The van der Waals surface area contributed by atoms with Gasteiger partial charge in [0, 0.05) is 37.5 Å². The second-order valence-corrected chi connectivity index (χ2v) is 13.0. The van der Waals surface area contributed by atoms with Crippen molar-refractivity contribution < 1.29 is 32.5 Å². The molecule has 0 aliphatic carbocycles. The molecule has 2 fully saturated rings. The predicted octanol–water partition coefficient (Wildman–Crippen LogP) is 6.45. The minimum Gasteiger partial charge on any atom is -0.491 e. The largest absolute Gasteiger partial charge is 0.491 e. The van der Waals surface area contributed by atoms with E-state index >= 15 is 0 Å². The summed E-state index contributed by atoms with van der Waals surface area (Å²) in [6, 6.07) is 14.7. The molecule has 1 unspecified atom stereocenters. The fourth-order valence-corrected chi connectivity index (χ4v) is 6.55. The lowest BCUT2D eigenvalue weighted by Gasteiger charge is -2.39. The number of aromatic nitrogens is 4. The molecule has 0 radical (unpaired) electrons. The van der Waals surface area contributed by atoms with Crippen molar-refractivity contribution in [1.82, 2.24) is 25.1 Å². The van der Waals surface area contributed by atoms with Crippen LogP contribution in [-0.2, 0) is 4.79 Å². The molecule has 13 heteroatoms. The van der Waals surface area contributed by atoms with Crippen molar-refractivity contribution in [2.75, 3.05) is 24.5 Å². The first-order chi connectivity index (χ1) is 22.8. The minimum absolute atomic E-state index is 0.00819. The second-order valence-electron chi connectivity index (χ2n) is 13.0.